The zero-order valence-electron chi connectivity index (χ0n) is 10.9. The SMILES string of the molecule is CCOC(=O)CN1C[C@@]23C=C[C@@H](O2)[C@H](C(=O)O)[C@@H]3C1=O. The molecule has 4 atom stereocenters. The molecular formula is C13H15NO6. The van der Waals surface area contributed by atoms with Crippen LogP contribution in [0.3, 0.4) is 0 Å². The standard InChI is InChI=1S/C13H15NO6/c1-2-19-8(15)5-14-6-13-4-3-7(20-13)9(12(17)18)10(13)11(14)16/h3-4,7,9-10H,2,5-6H2,1H3,(H,17,18)/t7-,9+,10-,13-/m1/s1. The van der Waals surface area contributed by atoms with Gasteiger partial charge < -0.3 is 19.5 Å². The number of likely N-dealkylation sites (tertiary alicyclic amines) is 1. The normalized spacial score (nSPS) is 37.4. The van der Waals surface area contributed by atoms with Gasteiger partial charge in [-0.15, -0.1) is 0 Å². The summed E-state index contributed by atoms with van der Waals surface area (Å²) in [7, 11) is 0. The minimum Gasteiger partial charge on any atom is -0.481 e. The Balaban J connectivity index is 1.82. The number of esters is 1. The summed E-state index contributed by atoms with van der Waals surface area (Å²) < 4.78 is 10.5. The lowest BCUT2D eigenvalue weighted by Crippen LogP contribution is -2.39. The van der Waals surface area contributed by atoms with Crippen LogP contribution >= 0.6 is 0 Å². The molecule has 1 amide bonds. The third kappa shape index (κ3) is 1.66. The summed E-state index contributed by atoms with van der Waals surface area (Å²) in [4.78, 5) is 36.5. The fraction of sp³-hybridized carbons (Fsp3) is 0.615. The maximum atomic E-state index is 12.4. The summed E-state index contributed by atoms with van der Waals surface area (Å²) in [6.45, 7) is 1.96. The first kappa shape index (κ1) is 13.1. The summed E-state index contributed by atoms with van der Waals surface area (Å²) in [6.07, 6.45) is 2.90. The second kappa shape index (κ2) is 4.31. The highest BCUT2D eigenvalue weighted by molar-refractivity contribution is 5.92. The van der Waals surface area contributed by atoms with Crippen molar-refractivity contribution in [2.45, 2.75) is 18.6 Å². The van der Waals surface area contributed by atoms with Gasteiger partial charge in [-0.2, -0.15) is 0 Å². The molecule has 3 rings (SSSR count). The van der Waals surface area contributed by atoms with Gasteiger partial charge in [-0.25, -0.2) is 0 Å². The number of rotatable bonds is 4. The Labute approximate surface area is 115 Å². The monoisotopic (exact) mass is 281 g/mol. The van der Waals surface area contributed by atoms with E-state index < -0.39 is 35.5 Å². The molecule has 3 aliphatic rings. The molecule has 108 valence electrons. The first-order valence-electron chi connectivity index (χ1n) is 6.53. The number of carbonyl (C=O) groups excluding carboxylic acids is 2. The average Bonchev–Trinajstić information content (AvgIpc) is 2.99. The Morgan fingerprint density at radius 3 is 3.00 bits per heavy atom. The van der Waals surface area contributed by atoms with Crippen LogP contribution in [0.2, 0.25) is 0 Å². The van der Waals surface area contributed by atoms with Crippen LogP contribution in [0.15, 0.2) is 12.2 Å². The van der Waals surface area contributed by atoms with Gasteiger partial charge in [0.15, 0.2) is 0 Å². The fourth-order valence-corrected chi connectivity index (χ4v) is 3.36. The van der Waals surface area contributed by atoms with E-state index in [4.69, 9.17) is 9.47 Å². The summed E-state index contributed by atoms with van der Waals surface area (Å²) in [5, 5.41) is 9.27. The molecule has 1 spiro atoms. The van der Waals surface area contributed by atoms with E-state index in [0.717, 1.165) is 0 Å². The Bertz CT molecular complexity index is 515. The van der Waals surface area contributed by atoms with Crippen LogP contribution in [0.1, 0.15) is 6.92 Å². The highest BCUT2D eigenvalue weighted by atomic mass is 16.5. The molecule has 0 aromatic rings. The Morgan fingerprint density at radius 2 is 2.35 bits per heavy atom. The summed E-state index contributed by atoms with van der Waals surface area (Å²) in [5.74, 6) is -3.51. The molecule has 7 nitrogen and oxygen atoms in total. The fourth-order valence-electron chi connectivity index (χ4n) is 3.36. The minimum absolute atomic E-state index is 0.168. The van der Waals surface area contributed by atoms with Crippen molar-refractivity contribution in [3.63, 3.8) is 0 Å². The number of aliphatic carboxylic acids is 1. The zero-order chi connectivity index (χ0) is 14.5. The van der Waals surface area contributed by atoms with Crippen LogP contribution in [0.5, 0.6) is 0 Å². The highest BCUT2D eigenvalue weighted by Gasteiger charge is 2.67. The number of hydrogen-bond acceptors (Lipinski definition) is 5. The van der Waals surface area contributed by atoms with Crippen molar-refractivity contribution in [1.29, 1.82) is 0 Å². The van der Waals surface area contributed by atoms with E-state index in [1.165, 1.54) is 4.90 Å². The van der Waals surface area contributed by atoms with Crippen molar-refractivity contribution < 1.29 is 29.0 Å². The van der Waals surface area contributed by atoms with Gasteiger partial charge in [0.1, 0.15) is 18.1 Å². The third-order valence-electron chi connectivity index (χ3n) is 4.09. The van der Waals surface area contributed by atoms with Crippen LogP contribution in [0.4, 0.5) is 0 Å². The third-order valence-corrected chi connectivity index (χ3v) is 4.09. The van der Waals surface area contributed by atoms with Gasteiger partial charge in [-0.1, -0.05) is 12.2 Å². The smallest absolute Gasteiger partial charge is 0.325 e. The second-order valence-electron chi connectivity index (χ2n) is 5.24. The van der Waals surface area contributed by atoms with E-state index >= 15 is 0 Å². The van der Waals surface area contributed by atoms with Crippen molar-refractivity contribution in [3.05, 3.63) is 12.2 Å². The first-order chi connectivity index (χ1) is 9.48. The number of carboxylic acid groups (broad SMARTS) is 1. The van der Waals surface area contributed by atoms with Gasteiger partial charge in [0, 0.05) is 0 Å². The quantitative estimate of drug-likeness (QED) is 0.547. The zero-order valence-corrected chi connectivity index (χ0v) is 10.9. The number of amides is 1. The Kier molecular flexibility index (Phi) is 2.82. The van der Waals surface area contributed by atoms with Crippen molar-refractivity contribution >= 4 is 17.8 Å². The maximum absolute atomic E-state index is 12.4. The molecule has 20 heavy (non-hydrogen) atoms. The summed E-state index contributed by atoms with van der Waals surface area (Å²) >= 11 is 0. The molecule has 3 heterocycles. The van der Waals surface area contributed by atoms with E-state index in [1.54, 1.807) is 19.1 Å². The van der Waals surface area contributed by atoms with Gasteiger partial charge in [0.25, 0.3) is 0 Å². The maximum Gasteiger partial charge on any atom is 0.325 e. The van der Waals surface area contributed by atoms with Gasteiger partial charge in [-0.05, 0) is 6.92 Å². The second-order valence-corrected chi connectivity index (χ2v) is 5.24. The molecule has 0 radical (unpaired) electrons. The molecule has 0 aliphatic carbocycles. The van der Waals surface area contributed by atoms with E-state index in [2.05, 4.69) is 0 Å². The van der Waals surface area contributed by atoms with E-state index in [0.29, 0.717) is 0 Å². The van der Waals surface area contributed by atoms with Crippen molar-refractivity contribution in [2.24, 2.45) is 11.8 Å². The van der Waals surface area contributed by atoms with Crippen LogP contribution in [-0.2, 0) is 23.9 Å². The molecule has 3 aliphatic heterocycles. The molecule has 0 saturated carbocycles. The minimum atomic E-state index is -1.04. The first-order valence-corrected chi connectivity index (χ1v) is 6.53. The number of ether oxygens (including phenoxy) is 2. The Morgan fingerprint density at radius 1 is 1.60 bits per heavy atom. The van der Waals surface area contributed by atoms with Gasteiger partial charge in [-0.3, -0.25) is 14.4 Å². The van der Waals surface area contributed by atoms with Gasteiger partial charge in [0.2, 0.25) is 5.91 Å². The predicted octanol–water partition coefficient (Wildman–Crippen LogP) is -0.584. The molecule has 0 aromatic heterocycles. The van der Waals surface area contributed by atoms with Gasteiger partial charge >= 0.3 is 11.9 Å². The van der Waals surface area contributed by atoms with Crippen LogP contribution in [0, 0.1) is 11.8 Å². The largest absolute Gasteiger partial charge is 0.481 e. The topological polar surface area (TPSA) is 93.1 Å². The lowest BCUT2D eigenvalue weighted by molar-refractivity contribution is -0.151. The van der Waals surface area contributed by atoms with Crippen LogP contribution < -0.4 is 0 Å². The van der Waals surface area contributed by atoms with Crippen LogP contribution in [0.25, 0.3) is 0 Å². The molecule has 7 heteroatoms. The number of carboxylic acids is 1. The molecule has 2 saturated heterocycles. The molecule has 0 aromatic carbocycles. The van der Waals surface area contributed by atoms with E-state index in [9.17, 15) is 19.5 Å². The molecule has 1 N–H and O–H groups in total. The number of carbonyl (C=O) groups is 3. The van der Waals surface area contributed by atoms with Gasteiger partial charge in [0.05, 0.1) is 25.2 Å². The summed E-state index contributed by atoms with van der Waals surface area (Å²) in [6, 6.07) is 0. The van der Waals surface area contributed by atoms with Crippen molar-refractivity contribution in [1.82, 2.24) is 4.90 Å². The lowest BCUT2D eigenvalue weighted by atomic mass is 9.77. The number of hydrogen-bond donors (Lipinski definition) is 1. The molecular weight excluding hydrogens is 266 g/mol. The average molecular weight is 281 g/mol. The highest BCUT2D eigenvalue weighted by Crippen LogP contribution is 2.51. The molecule has 0 unspecified atom stereocenters. The summed E-state index contributed by atoms with van der Waals surface area (Å²) in [5.41, 5.74) is -0.892. The lowest BCUT2D eigenvalue weighted by Gasteiger charge is -2.21. The number of fused-ring (bicyclic) bond motifs is 1. The van der Waals surface area contributed by atoms with Crippen molar-refractivity contribution in [3.8, 4) is 0 Å². The van der Waals surface area contributed by atoms with E-state index in [-0.39, 0.29) is 25.6 Å². The van der Waals surface area contributed by atoms with E-state index in [1.807, 2.05) is 0 Å². The van der Waals surface area contributed by atoms with Crippen LogP contribution in [-0.4, -0.2) is 59.3 Å². The van der Waals surface area contributed by atoms with Crippen molar-refractivity contribution in [2.75, 3.05) is 19.7 Å². The molecule has 2 bridgehead atoms. The predicted molar refractivity (Wildman–Crippen MR) is 64.6 cm³/mol. The Hall–Kier alpha value is -1.89. The molecule has 2 fully saturated rings. The number of nitrogens with zero attached hydrogens (tertiary/aromatic N) is 1.